The molecule has 0 bridgehead atoms. The third-order valence-corrected chi connectivity index (χ3v) is 4.83. The van der Waals surface area contributed by atoms with E-state index in [-0.39, 0.29) is 18.5 Å². The normalized spacial score (nSPS) is 17.0. The molecule has 0 aliphatic heterocycles. The smallest absolute Gasteiger partial charge is 0.254 e. The lowest BCUT2D eigenvalue weighted by molar-refractivity contribution is 0.0765. The fraction of sp³-hybridized carbons (Fsp3) is 0.444. The van der Waals surface area contributed by atoms with Gasteiger partial charge >= 0.3 is 0 Å². The van der Waals surface area contributed by atoms with Crippen molar-refractivity contribution in [3.8, 4) is 6.07 Å². The van der Waals surface area contributed by atoms with Gasteiger partial charge in [-0.3, -0.25) is 4.79 Å². The lowest BCUT2D eigenvalue weighted by atomic mass is 9.95. The number of nitrogens with zero attached hydrogens (tertiary/aromatic N) is 2. The van der Waals surface area contributed by atoms with Gasteiger partial charge in [0.1, 0.15) is 6.54 Å². The van der Waals surface area contributed by atoms with E-state index in [2.05, 4.69) is 11.1 Å². The summed E-state index contributed by atoms with van der Waals surface area (Å²) in [5.74, 6) is -0.00305. The first-order chi connectivity index (χ1) is 10.8. The monoisotopic (exact) mass is 293 g/mol. The number of nitrogens with one attached hydrogen (secondary N) is 1. The molecule has 0 atom stereocenters. The zero-order valence-electron chi connectivity index (χ0n) is 12.6. The molecule has 4 heteroatoms. The Bertz CT molecular complexity index is 779. The minimum atomic E-state index is -0.00305. The van der Waals surface area contributed by atoms with Crippen LogP contribution in [0.2, 0.25) is 0 Å². The number of amides is 1. The number of carbonyl (C=O) groups is 1. The second-order valence-corrected chi connectivity index (χ2v) is 6.37. The molecule has 4 rings (SSSR count). The largest absolute Gasteiger partial charge is 0.358 e. The summed E-state index contributed by atoms with van der Waals surface area (Å²) in [6.45, 7) is 0.187. The van der Waals surface area contributed by atoms with E-state index in [1.807, 2.05) is 18.2 Å². The van der Waals surface area contributed by atoms with Gasteiger partial charge in [0.05, 0.1) is 6.07 Å². The van der Waals surface area contributed by atoms with Crippen LogP contribution < -0.4 is 0 Å². The second kappa shape index (κ2) is 5.17. The SMILES string of the molecule is N#CCN(C(=O)c1ccc2[nH]c3c(c2c1)CCCC3)C1CC1. The van der Waals surface area contributed by atoms with Crippen molar-refractivity contribution < 1.29 is 4.79 Å². The Kier molecular flexibility index (Phi) is 3.15. The molecular weight excluding hydrogens is 274 g/mol. The number of hydrogen-bond donors (Lipinski definition) is 1. The van der Waals surface area contributed by atoms with Gasteiger partial charge in [-0.25, -0.2) is 0 Å². The summed E-state index contributed by atoms with van der Waals surface area (Å²) in [6.07, 6.45) is 6.71. The van der Waals surface area contributed by atoms with Gasteiger partial charge in [0.25, 0.3) is 5.91 Å². The summed E-state index contributed by atoms with van der Waals surface area (Å²) < 4.78 is 0. The number of carbonyl (C=O) groups excluding carboxylic acids is 1. The molecule has 1 amide bonds. The van der Waals surface area contributed by atoms with E-state index < -0.39 is 0 Å². The molecule has 0 radical (unpaired) electrons. The van der Waals surface area contributed by atoms with Gasteiger partial charge in [-0.2, -0.15) is 5.26 Å². The molecule has 0 unspecified atom stereocenters. The average Bonchev–Trinajstić information content (AvgIpc) is 3.32. The fourth-order valence-electron chi connectivity index (χ4n) is 3.53. The highest BCUT2D eigenvalue weighted by Crippen LogP contribution is 2.31. The molecule has 1 fully saturated rings. The van der Waals surface area contributed by atoms with Gasteiger partial charge < -0.3 is 9.88 Å². The predicted molar refractivity (Wildman–Crippen MR) is 84.6 cm³/mol. The van der Waals surface area contributed by atoms with Gasteiger partial charge in [-0.15, -0.1) is 0 Å². The molecule has 112 valence electrons. The topological polar surface area (TPSA) is 59.9 Å². The van der Waals surface area contributed by atoms with Crippen molar-refractivity contribution in [3.63, 3.8) is 0 Å². The highest BCUT2D eigenvalue weighted by Gasteiger charge is 2.33. The van der Waals surface area contributed by atoms with Crippen LogP contribution in [0.5, 0.6) is 0 Å². The van der Waals surface area contributed by atoms with Crippen molar-refractivity contribution in [3.05, 3.63) is 35.0 Å². The van der Waals surface area contributed by atoms with E-state index in [1.54, 1.807) is 4.90 Å². The first-order valence-corrected chi connectivity index (χ1v) is 8.09. The van der Waals surface area contributed by atoms with E-state index in [4.69, 9.17) is 5.26 Å². The molecular formula is C18H19N3O. The number of aromatic nitrogens is 1. The Balaban J connectivity index is 1.72. The minimum Gasteiger partial charge on any atom is -0.358 e. The van der Waals surface area contributed by atoms with E-state index in [0.717, 1.165) is 31.2 Å². The van der Waals surface area contributed by atoms with Crippen LogP contribution in [-0.4, -0.2) is 28.4 Å². The maximum absolute atomic E-state index is 12.7. The van der Waals surface area contributed by atoms with Crippen molar-refractivity contribution >= 4 is 16.8 Å². The number of H-pyrrole nitrogens is 1. The van der Waals surface area contributed by atoms with Crippen molar-refractivity contribution in [2.24, 2.45) is 0 Å². The first kappa shape index (κ1) is 13.4. The molecule has 4 nitrogen and oxygen atoms in total. The number of nitriles is 1. The molecule has 1 saturated carbocycles. The van der Waals surface area contributed by atoms with Crippen LogP contribution in [0.3, 0.4) is 0 Å². The van der Waals surface area contributed by atoms with Crippen LogP contribution in [-0.2, 0) is 12.8 Å². The zero-order valence-corrected chi connectivity index (χ0v) is 12.6. The summed E-state index contributed by atoms with van der Waals surface area (Å²) in [4.78, 5) is 17.9. The van der Waals surface area contributed by atoms with E-state index in [9.17, 15) is 4.79 Å². The molecule has 2 aliphatic rings. The van der Waals surface area contributed by atoms with Crippen LogP contribution in [0.25, 0.3) is 10.9 Å². The predicted octanol–water partition coefficient (Wildman–Crippen LogP) is 3.17. The van der Waals surface area contributed by atoms with Gasteiger partial charge in [0.2, 0.25) is 0 Å². The number of benzene rings is 1. The lowest BCUT2D eigenvalue weighted by Gasteiger charge is -2.19. The van der Waals surface area contributed by atoms with E-state index in [0.29, 0.717) is 5.56 Å². The molecule has 22 heavy (non-hydrogen) atoms. The number of aromatic amines is 1. The molecule has 1 aromatic carbocycles. The zero-order chi connectivity index (χ0) is 15.1. The summed E-state index contributed by atoms with van der Waals surface area (Å²) in [5, 5.41) is 10.1. The number of rotatable bonds is 3. The third kappa shape index (κ3) is 2.18. The highest BCUT2D eigenvalue weighted by molar-refractivity contribution is 5.99. The Hall–Kier alpha value is -2.28. The second-order valence-electron chi connectivity index (χ2n) is 6.37. The van der Waals surface area contributed by atoms with E-state index >= 15 is 0 Å². The van der Waals surface area contributed by atoms with Gasteiger partial charge in [-0.1, -0.05) is 0 Å². The quantitative estimate of drug-likeness (QED) is 0.884. The summed E-state index contributed by atoms with van der Waals surface area (Å²) in [5.41, 5.74) is 4.56. The number of hydrogen-bond acceptors (Lipinski definition) is 2. The molecule has 2 aromatic rings. The van der Waals surface area contributed by atoms with Crippen molar-refractivity contribution in [1.29, 1.82) is 5.26 Å². The molecule has 1 heterocycles. The maximum Gasteiger partial charge on any atom is 0.254 e. The molecule has 1 aromatic heterocycles. The first-order valence-electron chi connectivity index (χ1n) is 8.09. The Morgan fingerprint density at radius 2 is 2.14 bits per heavy atom. The van der Waals surface area contributed by atoms with Crippen LogP contribution in [0.15, 0.2) is 18.2 Å². The van der Waals surface area contributed by atoms with Crippen molar-refractivity contribution in [2.75, 3.05) is 6.54 Å². The molecule has 2 aliphatic carbocycles. The van der Waals surface area contributed by atoms with Gasteiger partial charge in [0.15, 0.2) is 0 Å². The van der Waals surface area contributed by atoms with Gasteiger partial charge in [0, 0.05) is 28.2 Å². The van der Waals surface area contributed by atoms with Crippen LogP contribution in [0.4, 0.5) is 0 Å². The Morgan fingerprint density at radius 1 is 1.32 bits per heavy atom. The average molecular weight is 293 g/mol. The molecule has 1 N–H and O–H groups in total. The Labute approximate surface area is 129 Å². The van der Waals surface area contributed by atoms with Crippen LogP contribution in [0, 0.1) is 11.3 Å². The number of aryl methyl sites for hydroxylation is 2. The lowest BCUT2D eigenvalue weighted by Crippen LogP contribution is -2.33. The molecule has 0 spiro atoms. The van der Waals surface area contributed by atoms with Crippen LogP contribution >= 0.6 is 0 Å². The van der Waals surface area contributed by atoms with E-state index in [1.165, 1.54) is 29.5 Å². The van der Waals surface area contributed by atoms with Gasteiger partial charge in [-0.05, 0) is 62.3 Å². The number of fused-ring (bicyclic) bond motifs is 3. The van der Waals surface area contributed by atoms with Crippen LogP contribution in [0.1, 0.15) is 47.3 Å². The maximum atomic E-state index is 12.7. The summed E-state index contributed by atoms with van der Waals surface area (Å²) in [6, 6.07) is 8.31. The molecule has 0 saturated heterocycles. The van der Waals surface area contributed by atoms with Crippen molar-refractivity contribution in [2.45, 2.75) is 44.6 Å². The highest BCUT2D eigenvalue weighted by atomic mass is 16.2. The minimum absolute atomic E-state index is 0.00305. The standard InChI is InChI=1S/C18H19N3O/c19-9-10-21(13-6-7-13)18(22)12-5-8-17-15(11-12)14-3-1-2-4-16(14)20-17/h5,8,11,13,20H,1-4,6-7,10H2. The summed E-state index contributed by atoms with van der Waals surface area (Å²) >= 11 is 0. The van der Waals surface area contributed by atoms with Crippen molar-refractivity contribution in [1.82, 2.24) is 9.88 Å². The summed E-state index contributed by atoms with van der Waals surface area (Å²) in [7, 11) is 0. The Morgan fingerprint density at radius 3 is 2.91 bits per heavy atom. The fourth-order valence-corrected chi connectivity index (χ4v) is 3.53. The third-order valence-electron chi connectivity index (χ3n) is 4.83.